The van der Waals surface area contributed by atoms with Gasteiger partial charge in [0.2, 0.25) is 5.95 Å². The van der Waals surface area contributed by atoms with Crippen LogP contribution in [0.5, 0.6) is 5.75 Å². The number of rotatable bonds is 3. The Kier molecular flexibility index (Phi) is 3.47. The molecule has 5 nitrogen and oxygen atoms in total. The van der Waals surface area contributed by atoms with Crippen molar-refractivity contribution in [1.29, 1.82) is 0 Å². The standard InChI is InChI=1S/C11H10ClFN4O/c1-18-9-4-6(2-3-7(9)12)16-10-8(13)5-15-11(14)17-10/h2-5H,1H3,(H3,14,15,16,17). The maximum absolute atomic E-state index is 13.4. The van der Waals surface area contributed by atoms with Gasteiger partial charge in [-0.1, -0.05) is 11.6 Å². The van der Waals surface area contributed by atoms with Crippen molar-refractivity contribution in [3.05, 3.63) is 35.2 Å². The highest BCUT2D eigenvalue weighted by Crippen LogP contribution is 2.29. The van der Waals surface area contributed by atoms with Gasteiger partial charge in [-0.15, -0.1) is 0 Å². The van der Waals surface area contributed by atoms with Crippen LogP contribution < -0.4 is 15.8 Å². The summed E-state index contributed by atoms with van der Waals surface area (Å²) >= 11 is 5.88. The zero-order valence-corrected chi connectivity index (χ0v) is 10.2. The Morgan fingerprint density at radius 2 is 2.22 bits per heavy atom. The average Bonchev–Trinajstić information content (AvgIpc) is 2.36. The Balaban J connectivity index is 2.31. The molecular weight excluding hydrogens is 259 g/mol. The third kappa shape index (κ3) is 2.60. The smallest absolute Gasteiger partial charge is 0.222 e. The van der Waals surface area contributed by atoms with E-state index in [-0.39, 0.29) is 11.8 Å². The molecule has 1 heterocycles. The maximum Gasteiger partial charge on any atom is 0.222 e. The monoisotopic (exact) mass is 268 g/mol. The van der Waals surface area contributed by atoms with Crippen molar-refractivity contribution in [2.45, 2.75) is 0 Å². The first-order chi connectivity index (χ1) is 8.60. The molecule has 7 heteroatoms. The SMILES string of the molecule is COc1cc(Nc2nc(N)ncc2F)ccc1Cl. The fraction of sp³-hybridized carbons (Fsp3) is 0.0909. The first-order valence-electron chi connectivity index (χ1n) is 4.98. The summed E-state index contributed by atoms with van der Waals surface area (Å²) in [5.41, 5.74) is 5.96. The largest absolute Gasteiger partial charge is 0.495 e. The summed E-state index contributed by atoms with van der Waals surface area (Å²) in [6.45, 7) is 0. The van der Waals surface area contributed by atoms with Crippen LogP contribution in [0.15, 0.2) is 24.4 Å². The molecule has 18 heavy (non-hydrogen) atoms. The predicted octanol–water partition coefficient (Wildman–Crippen LogP) is 2.60. The molecule has 0 aliphatic heterocycles. The van der Waals surface area contributed by atoms with Gasteiger partial charge >= 0.3 is 0 Å². The Hall–Kier alpha value is -2.08. The maximum atomic E-state index is 13.4. The molecule has 94 valence electrons. The molecule has 0 aliphatic rings. The lowest BCUT2D eigenvalue weighted by atomic mass is 10.3. The summed E-state index contributed by atoms with van der Waals surface area (Å²) in [6.07, 6.45) is 0.998. The number of hydrogen-bond acceptors (Lipinski definition) is 5. The number of nitrogens with one attached hydrogen (secondary N) is 1. The molecule has 0 saturated carbocycles. The molecule has 0 unspecified atom stereocenters. The van der Waals surface area contributed by atoms with Gasteiger partial charge in [-0.2, -0.15) is 4.98 Å². The van der Waals surface area contributed by atoms with Crippen molar-refractivity contribution in [3.63, 3.8) is 0 Å². The van der Waals surface area contributed by atoms with Crippen LogP contribution in [0.25, 0.3) is 0 Å². The summed E-state index contributed by atoms with van der Waals surface area (Å²) in [5.74, 6) is -0.145. The number of anilines is 3. The normalized spacial score (nSPS) is 10.2. The highest BCUT2D eigenvalue weighted by molar-refractivity contribution is 6.32. The van der Waals surface area contributed by atoms with E-state index in [1.54, 1.807) is 18.2 Å². The Labute approximate surface area is 108 Å². The molecule has 0 fully saturated rings. The highest BCUT2D eigenvalue weighted by Gasteiger charge is 2.07. The number of benzene rings is 1. The molecule has 0 atom stereocenters. The molecule has 0 saturated heterocycles. The Morgan fingerprint density at radius 3 is 2.94 bits per heavy atom. The predicted molar refractivity (Wildman–Crippen MR) is 67.7 cm³/mol. The fourth-order valence-corrected chi connectivity index (χ4v) is 1.54. The lowest BCUT2D eigenvalue weighted by Crippen LogP contribution is -2.02. The molecule has 1 aromatic heterocycles. The molecule has 0 radical (unpaired) electrons. The number of nitrogens with two attached hydrogens (primary N) is 1. The number of nitrogen functional groups attached to an aromatic ring is 1. The third-order valence-electron chi connectivity index (χ3n) is 2.18. The Bertz CT molecular complexity index is 579. The van der Waals surface area contributed by atoms with E-state index in [0.717, 1.165) is 6.20 Å². The van der Waals surface area contributed by atoms with E-state index in [1.165, 1.54) is 7.11 Å². The van der Waals surface area contributed by atoms with Crippen LogP contribution in [0.2, 0.25) is 5.02 Å². The Morgan fingerprint density at radius 1 is 1.44 bits per heavy atom. The van der Waals surface area contributed by atoms with Gasteiger partial charge in [-0.25, -0.2) is 9.37 Å². The van der Waals surface area contributed by atoms with Gasteiger partial charge in [0.15, 0.2) is 11.6 Å². The number of nitrogens with zero attached hydrogens (tertiary/aromatic N) is 2. The minimum Gasteiger partial charge on any atom is -0.495 e. The minimum absolute atomic E-state index is 0.00752. The van der Waals surface area contributed by atoms with Crippen molar-refractivity contribution in [2.75, 3.05) is 18.2 Å². The molecule has 0 spiro atoms. The van der Waals surface area contributed by atoms with E-state index in [4.69, 9.17) is 22.1 Å². The molecule has 0 aliphatic carbocycles. The van der Waals surface area contributed by atoms with E-state index < -0.39 is 5.82 Å². The third-order valence-corrected chi connectivity index (χ3v) is 2.49. The number of halogens is 2. The van der Waals surface area contributed by atoms with E-state index in [0.29, 0.717) is 16.5 Å². The fourth-order valence-electron chi connectivity index (χ4n) is 1.34. The lowest BCUT2D eigenvalue weighted by Gasteiger charge is -2.09. The van der Waals surface area contributed by atoms with Gasteiger partial charge in [0.25, 0.3) is 0 Å². The van der Waals surface area contributed by atoms with Crippen molar-refractivity contribution < 1.29 is 9.13 Å². The number of hydrogen-bond donors (Lipinski definition) is 2. The van der Waals surface area contributed by atoms with Gasteiger partial charge in [0.05, 0.1) is 18.3 Å². The second-order valence-electron chi connectivity index (χ2n) is 3.40. The van der Waals surface area contributed by atoms with Crippen LogP contribution in [0, 0.1) is 5.82 Å². The molecule has 2 rings (SSSR count). The summed E-state index contributed by atoms with van der Waals surface area (Å²) < 4.78 is 18.5. The van der Waals surface area contributed by atoms with Gasteiger partial charge in [0.1, 0.15) is 5.75 Å². The average molecular weight is 269 g/mol. The van der Waals surface area contributed by atoms with Crippen molar-refractivity contribution in [1.82, 2.24) is 9.97 Å². The molecular formula is C11H10ClFN4O. The van der Waals surface area contributed by atoms with E-state index in [2.05, 4.69) is 15.3 Å². The van der Waals surface area contributed by atoms with Crippen LogP contribution >= 0.6 is 11.6 Å². The van der Waals surface area contributed by atoms with E-state index in [1.807, 2.05) is 0 Å². The second-order valence-corrected chi connectivity index (χ2v) is 3.81. The van der Waals surface area contributed by atoms with Crippen LogP contribution in [0.4, 0.5) is 21.8 Å². The van der Waals surface area contributed by atoms with E-state index in [9.17, 15) is 4.39 Å². The first-order valence-corrected chi connectivity index (χ1v) is 5.36. The molecule has 3 N–H and O–H groups in total. The first kappa shape index (κ1) is 12.4. The topological polar surface area (TPSA) is 73.1 Å². The minimum atomic E-state index is -0.599. The number of methoxy groups -OCH3 is 1. The number of ether oxygens (including phenoxy) is 1. The summed E-state index contributed by atoms with van der Waals surface area (Å²) in [5, 5.41) is 3.23. The van der Waals surface area contributed by atoms with Gasteiger partial charge < -0.3 is 15.8 Å². The van der Waals surface area contributed by atoms with Crippen molar-refractivity contribution in [3.8, 4) is 5.75 Å². The summed E-state index contributed by atoms with van der Waals surface area (Å²) in [6, 6.07) is 4.92. The zero-order chi connectivity index (χ0) is 13.1. The van der Waals surface area contributed by atoms with Crippen molar-refractivity contribution >= 4 is 29.1 Å². The lowest BCUT2D eigenvalue weighted by molar-refractivity contribution is 0.415. The molecule has 0 amide bonds. The van der Waals surface area contributed by atoms with Crippen LogP contribution in [0.1, 0.15) is 0 Å². The zero-order valence-electron chi connectivity index (χ0n) is 9.45. The van der Waals surface area contributed by atoms with Crippen LogP contribution in [0.3, 0.4) is 0 Å². The van der Waals surface area contributed by atoms with Crippen molar-refractivity contribution in [2.24, 2.45) is 0 Å². The van der Waals surface area contributed by atoms with Crippen LogP contribution in [-0.4, -0.2) is 17.1 Å². The second kappa shape index (κ2) is 5.05. The molecule has 2 aromatic rings. The van der Waals surface area contributed by atoms with E-state index >= 15 is 0 Å². The summed E-state index contributed by atoms with van der Waals surface area (Å²) in [7, 11) is 1.49. The highest BCUT2D eigenvalue weighted by atomic mass is 35.5. The van der Waals surface area contributed by atoms with Gasteiger partial charge in [-0.3, -0.25) is 0 Å². The van der Waals surface area contributed by atoms with Crippen LogP contribution in [-0.2, 0) is 0 Å². The molecule has 0 bridgehead atoms. The summed E-state index contributed by atoms with van der Waals surface area (Å²) in [4.78, 5) is 7.29. The quantitative estimate of drug-likeness (QED) is 0.895. The molecule has 1 aromatic carbocycles. The number of aromatic nitrogens is 2. The van der Waals surface area contributed by atoms with Gasteiger partial charge in [0, 0.05) is 11.8 Å². The van der Waals surface area contributed by atoms with Gasteiger partial charge in [-0.05, 0) is 12.1 Å².